The van der Waals surface area contributed by atoms with Gasteiger partial charge in [0.25, 0.3) is 0 Å². The molecule has 0 radical (unpaired) electrons. The first-order chi connectivity index (χ1) is 9.86. The van der Waals surface area contributed by atoms with Crippen LogP contribution in [-0.2, 0) is 14.2 Å². The van der Waals surface area contributed by atoms with Gasteiger partial charge in [-0.15, -0.1) is 0 Å². The van der Waals surface area contributed by atoms with Crippen LogP contribution in [0.5, 0.6) is 0 Å². The Balaban J connectivity index is 1.62. The molecule has 3 heteroatoms. The van der Waals surface area contributed by atoms with E-state index in [-0.39, 0.29) is 17.3 Å². The zero-order valence-corrected chi connectivity index (χ0v) is 14.1. The summed E-state index contributed by atoms with van der Waals surface area (Å²) in [6.45, 7) is 9.50. The number of hydrogen-bond donors (Lipinski definition) is 0. The van der Waals surface area contributed by atoms with Gasteiger partial charge in [0.05, 0.1) is 23.4 Å². The third-order valence-corrected chi connectivity index (χ3v) is 7.16. The molecule has 0 bridgehead atoms. The highest BCUT2D eigenvalue weighted by Gasteiger charge is 2.70. The van der Waals surface area contributed by atoms with Gasteiger partial charge >= 0.3 is 0 Å². The van der Waals surface area contributed by atoms with E-state index in [2.05, 4.69) is 27.7 Å². The molecule has 0 aromatic carbocycles. The third-order valence-electron chi connectivity index (χ3n) is 7.16. The van der Waals surface area contributed by atoms with Gasteiger partial charge in [-0.1, -0.05) is 20.8 Å². The fraction of sp³-hybridized carbons (Fsp3) is 1.00. The molecule has 21 heavy (non-hydrogen) atoms. The van der Waals surface area contributed by atoms with Gasteiger partial charge in [-0.2, -0.15) is 0 Å². The molecular weight excluding hydrogens is 264 g/mol. The lowest BCUT2D eigenvalue weighted by molar-refractivity contribution is -0.0187. The maximum Gasteiger partial charge on any atom is 0.113 e. The number of ether oxygens (including phenoxy) is 3. The van der Waals surface area contributed by atoms with Crippen LogP contribution in [0.2, 0.25) is 0 Å². The summed E-state index contributed by atoms with van der Waals surface area (Å²) in [7, 11) is 1.85. The molecule has 2 aliphatic carbocycles. The Kier molecular flexibility index (Phi) is 2.92. The van der Waals surface area contributed by atoms with E-state index in [4.69, 9.17) is 14.2 Å². The van der Waals surface area contributed by atoms with Crippen LogP contribution < -0.4 is 0 Å². The van der Waals surface area contributed by atoms with Gasteiger partial charge in [0.1, 0.15) is 6.10 Å². The van der Waals surface area contributed by atoms with Crippen LogP contribution in [0.15, 0.2) is 0 Å². The minimum Gasteiger partial charge on any atom is -0.379 e. The lowest BCUT2D eigenvalue weighted by atomic mass is 9.56. The van der Waals surface area contributed by atoms with Crippen LogP contribution in [-0.4, -0.2) is 36.6 Å². The number of hydrogen-bond acceptors (Lipinski definition) is 3. The highest BCUT2D eigenvalue weighted by molar-refractivity contribution is 5.18. The standard InChI is InChI=1S/C18H30O3/c1-6-18-10-11(9-12(19-5)15(18)21-18)14-16(2,3)8-7-13-17(14,4)20-13/h11-15H,6-10H2,1-5H3. The predicted molar refractivity (Wildman–Crippen MR) is 81.2 cm³/mol. The van der Waals surface area contributed by atoms with Crippen LogP contribution in [0.1, 0.15) is 59.8 Å². The summed E-state index contributed by atoms with van der Waals surface area (Å²) >= 11 is 0. The molecule has 2 saturated carbocycles. The van der Waals surface area contributed by atoms with E-state index >= 15 is 0 Å². The summed E-state index contributed by atoms with van der Waals surface area (Å²) in [6.07, 6.45) is 7.11. The van der Waals surface area contributed by atoms with E-state index in [1.165, 1.54) is 19.3 Å². The average molecular weight is 294 g/mol. The largest absolute Gasteiger partial charge is 0.379 e. The molecule has 0 spiro atoms. The molecule has 0 aromatic rings. The zero-order valence-electron chi connectivity index (χ0n) is 14.1. The van der Waals surface area contributed by atoms with Crippen LogP contribution in [0.4, 0.5) is 0 Å². The van der Waals surface area contributed by atoms with E-state index in [1.807, 2.05) is 7.11 Å². The Morgan fingerprint density at radius 1 is 1.19 bits per heavy atom. The molecule has 4 rings (SSSR count). The molecule has 2 heterocycles. The topological polar surface area (TPSA) is 34.3 Å². The van der Waals surface area contributed by atoms with Crippen molar-refractivity contribution in [2.45, 2.75) is 89.3 Å². The molecule has 4 fully saturated rings. The Labute approximate surface area is 128 Å². The highest BCUT2D eigenvalue weighted by Crippen LogP contribution is 2.65. The Morgan fingerprint density at radius 3 is 2.62 bits per heavy atom. The Hall–Kier alpha value is -0.120. The van der Waals surface area contributed by atoms with E-state index < -0.39 is 0 Å². The minimum absolute atomic E-state index is 0.109. The molecular formula is C18H30O3. The molecule has 7 atom stereocenters. The van der Waals surface area contributed by atoms with E-state index in [1.54, 1.807) is 0 Å². The van der Waals surface area contributed by atoms with Crippen molar-refractivity contribution in [1.82, 2.24) is 0 Å². The van der Waals surface area contributed by atoms with Gasteiger partial charge in [-0.3, -0.25) is 0 Å². The van der Waals surface area contributed by atoms with E-state index in [0.29, 0.717) is 29.5 Å². The van der Waals surface area contributed by atoms with Crippen molar-refractivity contribution >= 4 is 0 Å². The zero-order chi connectivity index (χ0) is 15.0. The van der Waals surface area contributed by atoms with Gasteiger partial charge in [-0.05, 0) is 56.3 Å². The fourth-order valence-corrected chi connectivity index (χ4v) is 6.08. The first-order valence-electron chi connectivity index (χ1n) is 8.75. The van der Waals surface area contributed by atoms with E-state index in [9.17, 15) is 0 Å². The van der Waals surface area contributed by atoms with Gasteiger partial charge in [0, 0.05) is 7.11 Å². The fourth-order valence-electron chi connectivity index (χ4n) is 6.08. The second kappa shape index (κ2) is 4.24. The quantitative estimate of drug-likeness (QED) is 0.747. The molecule has 0 N–H and O–H groups in total. The summed E-state index contributed by atoms with van der Waals surface area (Å²) in [4.78, 5) is 0. The van der Waals surface area contributed by atoms with Gasteiger partial charge in [0.2, 0.25) is 0 Å². The smallest absolute Gasteiger partial charge is 0.113 e. The van der Waals surface area contributed by atoms with Crippen molar-refractivity contribution in [2.75, 3.05) is 7.11 Å². The van der Waals surface area contributed by atoms with Crippen LogP contribution in [0.25, 0.3) is 0 Å². The van der Waals surface area contributed by atoms with Crippen molar-refractivity contribution in [1.29, 1.82) is 0 Å². The lowest BCUT2D eigenvalue weighted by Crippen LogP contribution is -2.49. The van der Waals surface area contributed by atoms with Gasteiger partial charge < -0.3 is 14.2 Å². The monoisotopic (exact) mass is 294 g/mol. The number of methoxy groups -OCH3 is 1. The average Bonchev–Trinajstić information content (AvgIpc) is 3.30. The number of epoxide rings is 2. The maximum absolute atomic E-state index is 6.17. The van der Waals surface area contributed by atoms with Gasteiger partial charge in [-0.25, -0.2) is 0 Å². The summed E-state index contributed by atoms with van der Waals surface area (Å²) in [6, 6.07) is 0. The summed E-state index contributed by atoms with van der Waals surface area (Å²) in [5.74, 6) is 1.30. The van der Waals surface area contributed by atoms with Crippen molar-refractivity contribution in [3.8, 4) is 0 Å². The van der Waals surface area contributed by atoms with Crippen LogP contribution >= 0.6 is 0 Å². The maximum atomic E-state index is 6.17. The summed E-state index contributed by atoms with van der Waals surface area (Å²) in [5, 5.41) is 0. The molecule has 2 saturated heterocycles. The summed E-state index contributed by atoms with van der Waals surface area (Å²) in [5.41, 5.74) is 0.584. The van der Waals surface area contributed by atoms with E-state index in [0.717, 1.165) is 12.8 Å². The highest BCUT2D eigenvalue weighted by atomic mass is 16.6. The molecule has 3 nitrogen and oxygen atoms in total. The Morgan fingerprint density at radius 2 is 1.95 bits per heavy atom. The molecule has 4 aliphatic rings. The molecule has 7 unspecified atom stereocenters. The predicted octanol–water partition coefficient (Wildman–Crippen LogP) is 3.55. The van der Waals surface area contributed by atoms with Crippen molar-refractivity contribution in [2.24, 2.45) is 17.3 Å². The molecule has 120 valence electrons. The second-order valence-corrected chi connectivity index (χ2v) is 8.73. The SMILES string of the molecule is CCC12CC(C3C(C)(C)CCC4OC43C)CC(OC)C1O2. The second-order valence-electron chi connectivity index (χ2n) is 8.73. The van der Waals surface area contributed by atoms with Crippen LogP contribution in [0, 0.1) is 17.3 Å². The molecule has 0 aromatic heterocycles. The van der Waals surface area contributed by atoms with Crippen LogP contribution in [0.3, 0.4) is 0 Å². The van der Waals surface area contributed by atoms with Crippen molar-refractivity contribution < 1.29 is 14.2 Å². The Bertz CT molecular complexity index is 443. The third kappa shape index (κ3) is 1.90. The van der Waals surface area contributed by atoms with Crippen molar-refractivity contribution in [3.63, 3.8) is 0 Å². The number of fused-ring (bicyclic) bond motifs is 2. The van der Waals surface area contributed by atoms with Gasteiger partial charge in [0.15, 0.2) is 0 Å². The van der Waals surface area contributed by atoms with Crippen molar-refractivity contribution in [3.05, 3.63) is 0 Å². The number of rotatable bonds is 3. The lowest BCUT2D eigenvalue weighted by Gasteiger charge is -2.47. The first kappa shape index (κ1) is 14.5. The normalized spacial score (nSPS) is 57.3. The minimum atomic E-state index is 0.109. The summed E-state index contributed by atoms with van der Waals surface area (Å²) < 4.78 is 18.1. The molecule has 2 aliphatic heterocycles. The molecule has 0 amide bonds. The first-order valence-corrected chi connectivity index (χ1v) is 8.75.